The number of imidazole rings is 1. The Morgan fingerprint density at radius 3 is 3.06 bits per heavy atom. The lowest BCUT2D eigenvalue weighted by atomic mass is 10.2. The Balaban J connectivity index is 2.25. The van der Waals surface area contributed by atoms with Gasteiger partial charge in [0.15, 0.2) is 0 Å². The van der Waals surface area contributed by atoms with E-state index in [1.807, 2.05) is 22.9 Å². The number of rotatable bonds is 3. The Hall–Kier alpha value is -1.84. The summed E-state index contributed by atoms with van der Waals surface area (Å²) in [6.07, 6.45) is 5.39. The summed E-state index contributed by atoms with van der Waals surface area (Å²) < 4.78 is 1.84. The van der Waals surface area contributed by atoms with Crippen LogP contribution in [0.4, 0.5) is 0 Å². The van der Waals surface area contributed by atoms with Gasteiger partial charge in [-0.1, -0.05) is 13.8 Å². The number of carbonyl (C=O) groups is 1. The first-order chi connectivity index (χ1) is 7.68. The highest BCUT2D eigenvalue weighted by molar-refractivity contribution is 5.99. The molecule has 16 heavy (non-hydrogen) atoms. The summed E-state index contributed by atoms with van der Waals surface area (Å²) in [5.41, 5.74) is 1.32. The molecule has 0 bridgehead atoms. The van der Waals surface area contributed by atoms with Crippen molar-refractivity contribution in [2.24, 2.45) is 5.92 Å². The van der Waals surface area contributed by atoms with Crippen molar-refractivity contribution in [2.75, 3.05) is 6.54 Å². The monoisotopic (exact) mass is 217 g/mol. The van der Waals surface area contributed by atoms with Crippen LogP contribution in [0.3, 0.4) is 0 Å². The number of fused-ring (bicyclic) bond motifs is 1. The molecule has 2 aromatic heterocycles. The van der Waals surface area contributed by atoms with Crippen LogP contribution in [0.5, 0.6) is 0 Å². The SMILES string of the molecule is CC(C)CNC(=O)c1cccn2ccnc12. The molecule has 0 atom stereocenters. The van der Waals surface area contributed by atoms with Crippen LogP contribution in [0.25, 0.3) is 5.65 Å². The number of pyridine rings is 1. The van der Waals surface area contributed by atoms with E-state index in [4.69, 9.17) is 0 Å². The fourth-order valence-corrected chi connectivity index (χ4v) is 1.52. The third kappa shape index (κ3) is 2.05. The van der Waals surface area contributed by atoms with E-state index in [0.29, 0.717) is 23.7 Å². The van der Waals surface area contributed by atoms with Crippen LogP contribution in [-0.2, 0) is 0 Å². The van der Waals surface area contributed by atoms with E-state index in [2.05, 4.69) is 24.1 Å². The van der Waals surface area contributed by atoms with E-state index in [-0.39, 0.29) is 5.91 Å². The van der Waals surface area contributed by atoms with Crippen LogP contribution in [0.15, 0.2) is 30.7 Å². The lowest BCUT2D eigenvalue weighted by molar-refractivity contribution is 0.0950. The molecule has 0 spiro atoms. The van der Waals surface area contributed by atoms with Crippen molar-refractivity contribution in [1.82, 2.24) is 14.7 Å². The molecule has 1 amide bonds. The van der Waals surface area contributed by atoms with Crippen LogP contribution >= 0.6 is 0 Å². The van der Waals surface area contributed by atoms with Gasteiger partial charge in [-0.25, -0.2) is 4.98 Å². The molecule has 0 aromatic carbocycles. The molecule has 0 radical (unpaired) electrons. The van der Waals surface area contributed by atoms with Crippen LogP contribution in [0, 0.1) is 5.92 Å². The molecule has 2 heterocycles. The van der Waals surface area contributed by atoms with Gasteiger partial charge in [0, 0.05) is 25.1 Å². The number of nitrogens with zero attached hydrogens (tertiary/aromatic N) is 2. The summed E-state index contributed by atoms with van der Waals surface area (Å²) in [5.74, 6) is 0.383. The summed E-state index contributed by atoms with van der Waals surface area (Å²) in [4.78, 5) is 16.1. The van der Waals surface area contributed by atoms with Gasteiger partial charge in [0.25, 0.3) is 5.91 Å². The molecule has 0 saturated heterocycles. The third-order valence-electron chi connectivity index (χ3n) is 2.33. The summed E-state index contributed by atoms with van der Waals surface area (Å²) in [5, 5.41) is 2.89. The highest BCUT2D eigenvalue weighted by atomic mass is 16.1. The van der Waals surface area contributed by atoms with Gasteiger partial charge in [-0.3, -0.25) is 4.79 Å². The number of amides is 1. The first-order valence-corrected chi connectivity index (χ1v) is 5.38. The predicted molar refractivity (Wildman–Crippen MR) is 62.4 cm³/mol. The van der Waals surface area contributed by atoms with E-state index in [1.165, 1.54) is 0 Å². The average molecular weight is 217 g/mol. The molecule has 4 heteroatoms. The van der Waals surface area contributed by atoms with Gasteiger partial charge in [-0.05, 0) is 18.1 Å². The molecule has 2 rings (SSSR count). The Labute approximate surface area is 94.3 Å². The van der Waals surface area contributed by atoms with Crippen molar-refractivity contribution in [2.45, 2.75) is 13.8 Å². The number of hydrogen-bond acceptors (Lipinski definition) is 2. The standard InChI is InChI=1S/C12H15N3O/c1-9(2)8-14-12(16)10-4-3-6-15-7-5-13-11(10)15/h3-7,9H,8H2,1-2H3,(H,14,16). The molecule has 84 valence electrons. The Bertz CT molecular complexity index is 502. The van der Waals surface area contributed by atoms with Crippen molar-refractivity contribution >= 4 is 11.6 Å². The van der Waals surface area contributed by atoms with Crippen molar-refractivity contribution in [1.29, 1.82) is 0 Å². The van der Waals surface area contributed by atoms with Gasteiger partial charge in [-0.15, -0.1) is 0 Å². The molecule has 4 nitrogen and oxygen atoms in total. The lowest BCUT2D eigenvalue weighted by Gasteiger charge is -2.08. The molecule has 0 aliphatic rings. The Kier molecular flexibility index (Phi) is 2.90. The van der Waals surface area contributed by atoms with Gasteiger partial charge in [0.05, 0.1) is 5.56 Å². The summed E-state index contributed by atoms with van der Waals surface area (Å²) in [6, 6.07) is 3.64. The normalized spacial score (nSPS) is 10.9. The Morgan fingerprint density at radius 2 is 2.31 bits per heavy atom. The van der Waals surface area contributed by atoms with E-state index < -0.39 is 0 Å². The Morgan fingerprint density at radius 1 is 1.50 bits per heavy atom. The minimum absolute atomic E-state index is 0.0644. The highest BCUT2D eigenvalue weighted by Gasteiger charge is 2.10. The van der Waals surface area contributed by atoms with Crippen molar-refractivity contribution in [3.05, 3.63) is 36.3 Å². The van der Waals surface area contributed by atoms with Crippen molar-refractivity contribution in [3.63, 3.8) is 0 Å². The predicted octanol–water partition coefficient (Wildman–Crippen LogP) is 1.72. The average Bonchev–Trinajstić information content (AvgIpc) is 2.73. The third-order valence-corrected chi connectivity index (χ3v) is 2.33. The van der Waals surface area contributed by atoms with Gasteiger partial charge in [-0.2, -0.15) is 0 Å². The fraction of sp³-hybridized carbons (Fsp3) is 0.333. The maximum absolute atomic E-state index is 11.9. The second kappa shape index (κ2) is 4.35. The number of hydrogen-bond donors (Lipinski definition) is 1. The first kappa shape index (κ1) is 10.7. The highest BCUT2D eigenvalue weighted by Crippen LogP contribution is 2.08. The zero-order valence-electron chi connectivity index (χ0n) is 9.47. The van der Waals surface area contributed by atoms with Gasteiger partial charge in [0.1, 0.15) is 5.65 Å². The maximum atomic E-state index is 11.9. The van der Waals surface area contributed by atoms with Gasteiger partial charge in [0.2, 0.25) is 0 Å². The molecule has 2 aromatic rings. The topological polar surface area (TPSA) is 46.4 Å². The second-order valence-electron chi connectivity index (χ2n) is 4.18. The lowest BCUT2D eigenvalue weighted by Crippen LogP contribution is -2.27. The number of aromatic nitrogens is 2. The summed E-state index contributed by atoms with van der Waals surface area (Å²) in [6.45, 7) is 4.81. The minimum Gasteiger partial charge on any atom is -0.352 e. The zero-order chi connectivity index (χ0) is 11.5. The second-order valence-corrected chi connectivity index (χ2v) is 4.18. The molecular formula is C12H15N3O. The summed E-state index contributed by atoms with van der Waals surface area (Å²) >= 11 is 0. The fourth-order valence-electron chi connectivity index (χ4n) is 1.52. The van der Waals surface area contributed by atoms with Crippen LogP contribution < -0.4 is 5.32 Å². The zero-order valence-corrected chi connectivity index (χ0v) is 9.47. The molecule has 0 saturated carbocycles. The molecule has 0 fully saturated rings. The number of nitrogens with one attached hydrogen (secondary N) is 1. The smallest absolute Gasteiger partial charge is 0.255 e. The maximum Gasteiger partial charge on any atom is 0.255 e. The molecule has 0 unspecified atom stereocenters. The largest absolute Gasteiger partial charge is 0.352 e. The van der Waals surface area contributed by atoms with Crippen molar-refractivity contribution < 1.29 is 4.79 Å². The van der Waals surface area contributed by atoms with E-state index in [1.54, 1.807) is 12.3 Å². The van der Waals surface area contributed by atoms with E-state index >= 15 is 0 Å². The molecule has 0 aliphatic carbocycles. The first-order valence-electron chi connectivity index (χ1n) is 5.38. The van der Waals surface area contributed by atoms with Gasteiger partial charge < -0.3 is 9.72 Å². The van der Waals surface area contributed by atoms with E-state index in [0.717, 1.165) is 0 Å². The van der Waals surface area contributed by atoms with E-state index in [9.17, 15) is 4.79 Å². The summed E-state index contributed by atoms with van der Waals surface area (Å²) in [7, 11) is 0. The molecule has 1 N–H and O–H groups in total. The van der Waals surface area contributed by atoms with Crippen LogP contribution in [-0.4, -0.2) is 21.8 Å². The van der Waals surface area contributed by atoms with Crippen molar-refractivity contribution in [3.8, 4) is 0 Å². The molecular weight excluding hydrogens is 202 g/mol. The van der Waals surface area contributed by atoms with Crippen LogP contribution in [0.1, 0.15) is 24.2 Å². The molecule has 0 aliphatic heterocycles. The quantitative estimate of drug-likeness (QED) is 0.850. The minimum atomic E-state index is -0.0644. The van der Waals surface area contributed by atoms with Crippen LogP contribution in [0.2, 0.25) is 0 Å². The van der Waals surface area contributed by atoms with Gasteiger partial charge >= 0.3 is 0 Å². The number of carbonyl (C=O) groups excluding carboxylic acids is 1.